The van der Waals surface area contributed by atoms with Gasteiger partial charge in [-0.2, -0.15) is 0 Å². The number of halogens is 2. The molecule has 0 aliphatic carbocycles. The summed E-state index contributed by atoms with van der Waals surface area (Å²) in [7, 11) is 0. The maximum absolute atomic E-state index is 13.9. The minimum atomic E-state index is -0.478. The lowest BCUT2D eigenvalue weighted by Gasteiger charge is -2.06. The first kappa shape index (κ1) is 17.9. The van der Waals surface area contributed by atoms with Crippen molar-refractivity contribution in [3.63, 3.8) is 0 Å². The molecule has 28 heavy (non-hydrogen) atoms. The Balaban J connectivity index is 1.69. The first-order valence-corrected chi connectivity index (χ1v) is 8.91. The number of benzene rings is 3. The van der Waals surface area contributed by atoms with Gasteiger partial charge in [-0.05, 0) is 53.6 Å². The molecule has 0 saturated heterocycles. The van der Waals surface area contributed by atoms with E-state index in [0.717, 1.165) is 22.2 Å². The van der Waals surface area contributed by atoms with Crippen molar-refractivity contribution in [3.8, 4) is 11.1 Å². The van der Waals surface area contributed by atoms with Crippen molar-refractivity contribution in [1.29, 1.82) is 0 Å². The first-order valence-electron chi connectivity index (χ1n) is 8.53. The molecular weight excluding hydrogens is 377 g/mol. The Kier molecular flexibility index (Phi) is 4.67. The molecule has 0 saturated carbocycles. The Bertz CT molecular complexity index is 1230. The molecule has 4 aromatic rings. The molecule has 3 N–H and O–H groups in total. The van der Waals surface area contributed by atoms with E-state index < -0.39 is 11.7 Å². The predicted molar refractivity (Wildman–Crippen MR) is 110 cm³/mol. The first-order chi connectivity index (χ1) is 13.5. The SMILES string of the molecule is NC(=O)c1ccccc1-c1ccc2nc(/C=C/c3ccc(Cl)cc3F)[nH]c2c1. The molecule has 1 heterocycles. The number of primary amides is 1. The summed E-state index contributed by atoms with van der Waals surface area (Å²) < 4.78 is 13.9. The van der Waals surface area contributed by atoms with Gasteiger partial charge in [0.15, 0.2) is 0 Å². The highest BCUT2D eigenvalue weighted by Crippen LogP contribution is 2.27. The summed E-state index contributed by atoms with van der Waals surface area (Å²) >= 11 is 5.77. The number of aromatic nitrogens is 2. The number of imidazole rings is 1. The summed E-state index contributed by atoms with van der Waals surface area (Å²) in [6.45, 7) is 0. The van der Waals surface area contributed by atoms with Gasteiger partial charge in [-0.25, -0.2) is 9.37 Å². The van der Waals surface area contributed by atoms with E-state index in [4.69, 9.17) is 17.3 Å². The number of hydrogen-bond donors (Lipinski definition) is 2. The van der Waals surface area contributed by atoms with Crippen LogP contribution in [0.5, 0.6) is 0 Å². The molecule has 0 aliphatic rings. The van der Waals surface area contributed by atoms with Gasteiger partial charge in [0.1, 0.15) is 11.6 Å². The zero-order valence-corrected chi connectivity index (χ0v) is 15.4. The van der Waals surface area contributed by atoms with Crippen molar-refractivity contribution < 1.29 is 9.18 Å². The van der Waals surface area contributed by atoms with Gasteiger partial charge in [-0.15, -0.1) is 0 Å². The Labute approximate surface area is 165 Å². The zero-order chi connectivity index (χ0) is 19.7. The number of nitrogens with two attached hydrogens (primary N) is 1. The van der Waals surface area contributed by atoms with E-state index in [1.807, 2.05) is 30.3 Å². The molecular formula is C22H15ClFN3O. The molecule has 1 amide bonds. The van der Waals surface area contributed by atoms with Gasteiger partial charge in [-0.3, -0.25) is 4.79 Å². The highest BCUT2D eigenvalue weighted by molar-refractivity contribution is 6.30. The van der Waals surface area contributed by atoms with Gasteiger partial charge >= 0.3 is 0 Å². The lowest BCUT2D eigenvalue weighted by molar-refractivity contribution is 0.100. The number of amides is 1. The third-order valence-electron chi connectivity index (χ3n) is 4.39. The fourth-order valence-electron chi connectivity index (χ4n) is 3.03. The Morgan fingerprint density at radius 3 is 2.68 bits per heavy atom. The van der Waals surface area contributed by atoms with Gasteiger partial charge < -0.3 is 10.7 Å². The van der Waals surface area contributed by atoms with Crippen molar-refractivity contribution >= 4 is 40.7 Å². The topological polar surface area (TPSA) is 71.8 Å². The summed E-state index contributed by atoms with van der Waals surface area (Å²) in [4.78, 5) is 19.4. The third-order valence-corrected chi connectivity index (χ3v) is 4.62. The Hall–Kier alpha value is -3.44. The van der Waals surface area contributed by atoms with E-state index in [1.54, 1.807) is 36.4 Å². The van der Waals surface area contributed by atoms with E-state index >= 15 is 0 Å². The van der Waals surface area contributed by atoms with Crippen LogP contribution in [0.25, 0.3) is 34.3 Å². The molecule has 1 aromatic heterocycles. The van der Waals surface area contributed by atoms with Crippen LogP contribution >= 0.6 is 11.6 Å². The average Bonchev–Trinajstić information content (AvgIpc) is 3.09. The molecule has 0 aliphatic heterocycles. The molecule has 6 heteroatoms. The standard InChI is InChI=1S/C22H15ClFN3O/c23-15-8-5-13(18(24)12-15)7-10-21-26-19-9-6-14(11-20(19)27-21)16-3-1-2-4-17(16)22(25)28/h1-12H,(H2,25,28)(H,26,27)/b10-7+. The van der Waals surface area contributed by atoms with Crippen molar-refractivity contribution in [2.45, 2.75) is 0 Å². The van der Waals surface area contributed by atoms with Crippen LogP contribution < -0.4 is 5.73 Å². The number of rotatable bonds is 4. The molecule has 0 unspecified atom stereocenters. The van der Waals surface area contributed by atoms with Crippen molar-refractivity contribution in [1.82, 2.24) is 9.97 Å². The highest BCUT2D eigenvalue weighted by Gasteiger charge is 2.10. The van der Waals surface area contributed by atoms with Crippen LogP contribution in [0.3, 0.4) is 0 Å². The second-order valence-corrected chi connectivity index (χ2v) is 6.70. The molecule has 4 rings (SSSR count). The number of fused-ring (bicyclic) bond motifs is 1. The van der Waals surface area contributed by atoms with E-state index in [-0.39, 0.29) is 0 Å². The maximum Gasteiger partial charge on any atom is 0.249 e. The molecule has 138 valence electrons. The van der Waals surface area contributed by atoms with Crippen LogP contribution in [0.1, 0.15) is 21.7 Å². The fraction of sp³-hybridized carbons (Fsp3) is 0. The van der Waals surface area contributed by atoms with E-state index in [2.05, 4.69) is 9.97 Å². The van der Waals surface area contributed by atoms with Gasteiger partial charge in [0.2, 0.25) is 5.91 Å². The maximum atomic E-state index is 13.9. The lowest BCUT2D eigenvalue weighted by Crippen LogP contribution is -2.12. The number of carbonyl (C=O) groups excluding carboxylic acids is 1. The number of carbonyl (C=O) groups is 1. The second kappa shape index (κ2) is 7.29. The van der Waals surface area contributed by atoms with Gasteiger partial charge in [0, 0.05) is 16.1 Å². The molecule has 0 radical (unpaired) electrons. The summed E-state index contributed by atoms with van der Waals surface area (Å²) in [5.41, 5.74) is 9.52. The molecule has 0 atom stereocenters. The molecule has 3 aromatic carbocycles. The summed E-state index contributed by atoms with van der Waals surface area (Å²) in [5.74, 6) is -0.288. The number of nitrogens with zero attached hydrogens (tertiary/aromatic N) is 1. The van der Waals surface area contributed by atoms with Gasteiger partial charge in [0.05, 0.1) is 11.0 Å². The van der Waals surface area contributed by atoms with Crippen LogP contribution in [0.4, 0.5) is 4.39 Å². The summed E-state index contributed by atoms with van der Waals surface area (Å²) in [6, 6.07) is 17.3. The van der Waals surface area contributed by atoms with Crippen LogP contribution in [-0.2, 0) is 0 Å². The monoisotopic (exact) mass is 391 g/mol. The van der Waals surface area contributed by atoms with E-state index in [9.17, 15) is 9.18 Å². The average molecular weight is 392 g/mol. The van der Waals surface area contributed by atoms with Gasteiger partial charge in [-0.1, -0.05) is 41.9 Å². The number of aromatic amines is 1. The molecule has 0 fully saturated rings. The van der Waals surface area contributed by atoms with Gasteiger partial charge in [0.25, 0.3) is 0 Å². The van der Waals surface area contributed by atoms with Crippen molar-refractivity contribution in [2.75, 3.05) is 0 Å². The minimum Gasteiger partial charge on any atom is -0.366 e. The molecule has 0 spiro atoms. The highest BCUT2D eigenvalue weighted by atomic mass is 35.5. The number of nitrogens with one attached hydrogen (secondary N) is 1. The van der Waals surface area contributed by atoms with Crippen molar-refractivity contribution in [3.05, 3.63) is 88.5 Å². The molecule has 0 bridgehead atoms. The van der Waals surface area contributed by atoms with E-state index in [1.165, 1.54) is 6.07 Å². The van der Waals surface area contributed by atoms with Crippen LogP contribution in [0, 0.1) is 5.82 Å². The third kappa shape index (κ3) is 3.52. The Morgan fingerprint density at radius 2 is 1.89 bits per heavy atom. The van der Waals surface area contributed by atoms with Crippen molar-refractivity contribution in [2.24, 2.45) is 5.73 Å². The second-order valence-electron chi connectivity index (χ2n) is 6.26. The Morgan fingerprint density at radius 1 is 1.07 bits per heavy atom. The lowest BCUT2D eigenvalue weighted by atomic mass is 9.99. The van der Waals surface area contributed by atoms with E-state index in [0.29, 0.717) is 22.0 Å². The number of H-pyrrole nitrogens is 1. The minimum absolute atomic E-state index is 0.349. The fourth-order valence-corrected chi connectivity index (χ4v) is 3.19. The predicted octanol–water partition coefficient (Wildman–Crippen LogP) is 5.29. The normalized spacial score (nSPS) is 11.4. The quantitative estimate of drug-likeness (QED) is 0.496. The summed E-state index contributed by atoms with van der Waals surface area (Å²) in [5, 5.41) is 0.349. The van der Waals surface area contributed by atoms with Crippen LogP contribution in [0.2, 0.25) is 5.02 Å². The number of hydrogen-bond acceptors (Lipinski definition) is 2. The van der Waals surface area contributed by atoms with Crippen LogP contribution in [-0.4, -0.2) is 15.9 Å². The molecule has 4 nitrogen and oxygen atoms in total. The largest absolute Gasteiger partial charge is 0.366 e. The van der Waals surface area contributed by atoms with Crippen LogP contribution in [0.15, 0.2) is 60.7 Å². The summed E-state index contributed by atoms with van der Waals surface area (Å²) in [6.07, 6.45) is 3.33. The smallest absolute Gasteiger partial charge is 0.249 e. The zero-order valence-electron chi connectivity index (χ0n) is 14.6.